The highest BCUT2D eigenvalue weighted by Crippen LogP contribution is 2.27. The lowest BCUT2D eigenvalue weighted by Gasteiger charge is -2.07. The maximum absolute atomic E-state index is 11.0. The lowest BCUT2D eigenvalue weighted by molar-refractivity contribution is -0.384. The zero-order valence-electron chi connectivity index (χ0n) is 12.1. The van der Waals surface area contributed by atoms with Crippen LogP contribution in [0.25, 0.3) is 21.9 Å². The monoisotopic (exact) mass is 325 g/mol. The Balaban J connectivity index is 1.89. The molecule has 3 heterocycles. The number of nitro benzene ring substituents is 1. The van der Waals surface area contributed by atoms with Gasteiger partial charge in [0.1, 0.15) is 11.3 Å². The van der Waals surface area contributed by atoms with E-state index in [4.69, 9.17) is 0 Å². The van der Waals surface area contributed by atoms with E-state index in [1.54, 1.807) is 28.4 Å². The Morgan fingerprint density at radius 1 is 1.26 bits per heavy atom. The van der Waals surface area contributed by atoms with E-state index in [2.05, 4.69) is 10.1 Å². The Bertz CT molecular complexity index is 1020. The summed E-state index contributed by atoms with van der Waals surface area (Å²) in [4.78, 5) is 15.7. The molecule has 0 amide bonds. The second kappa shape index (κ2) is 5.03. The average Bonchev–Trinajstić information content (AvgIpc) is 3.23. The van der Waals surface area contributed by atoms with Gasteiger partial charge in [0.05, 0.1) is 21.0 Å². The molecule has 0 aliphatic rings. The van der Waals surface area contributed by atoms with Gasteiger partial charge in [0.25, 0.3) is 5.69 Å². The van der Waals surface area contributed by atoms with Gasteiger partial charge in [-0.1, -0.05) is 6.07 Å². The van der Waals surface area contributed by atoms with Crippen molar-refractivity contribution in [1.82, 2.24) is 19.2 Å². The van der Waals surface area contributed by atoms with E-state index in [1.165, 1.54) is 17.4 Å². The molecule has 4 aromatic rings. The van der Waals surface area contributed by atoms with Crippen LogP contribution in [-0.4, -0.2) is 24.1 Å². The Labute approximate surface area is 134 Å². The van der Waals surface area contributed by atoms with Crippen LogP contribution >= 0.6 is 11.3 Å². The van der Waals surface area contributed by atoms with Gasteiger partial charge in [-0.05, 0) is 12.5 Å². The van der Waals surface area contributed by atoms with Crippen molar-refractivity contribution in [2.75, 3.05) is 0 Å². The number of imidazole rings is 1. The van der Waals surface area contributed by atoms with Gasteiger partial charge in [-0.3, -0.25) is 19.7 Å². The summed E-state index contributed by atoms with van der Waals surface area (Å²) >= 11 is 1.52. The number of nitrogens with zero attached hydrogens (tertiary/aromatic N) is 5. The fourth-order valence-electron chi connectivity index (χ4n) is 2.52. The molecule has 0 radical (unpaired) electrons. The molecule has 0 fully saturated rings. The molecule has 0 N–H and O–H groups in total. The lowest BCUT2D eigenvalue weighted by Crippen LogP contribution is -1.98. The molecule has 1 aromatic carbocycles. The van der Waals surface area contributed by atoms with Gasteiger partial charge in [-0.15, -0.1) is 11.3 Å². The number of fused-ring (bicyclic) bond motifs is 1. The molecule has 4 rings (SSSR count). The second-order valence-corrected chi connectivity index (χ2v) is 5.98. The first-order valence-electron chi connectivity index (χ1n) is 6.84. The molecule has 0 saturated heterocycles. The van der Waals surface area contributed by atoms with Crippen molar-refractivity contribution >= 4 is 22.7 Å². The van der Waals surface area contributed by atoms with Crippen molar-refractivity contribution in [1.29, 1.82) is 0 Å². The first-order chi connectivity index (χ1) is 11.1. The number of aryl methyl sites for hydroxylation is 1. The summed E-state index contributed by atoms with van der Waals surface area (Å²) in [5, 5.41) is 15.6. The fourth-order valence-corrected chi connectivity index (χ4v) is 3.10. The first kappa shape index (κ1) is 13.6. The van der Waals surface area contributed by atoms with Crippen LogP contribution in [0.15, 0.2) is 48.4 Å². The van der Waals surface area contributed by atoms with E-state index in [-0.39, 0.29) is 10.6 Å². The van der Waals surface area contributed by atoms with Crippen LogP contribution < -0.4 is 0 Å². The minimum Gasteiger partial charge on any atom is -0.300 e. The SMILES string of the molecule is Cc1ccc([N+](=O)[O-])cc1-n1ccn2nc(-c3cncs3)cc12. The highest BCUT2D eigenvalue weighted by Gasteiger charge is 2.14. The molecule has 23 heavy (non-hydrogen) atoms. The normalized spacial score (nSPS) is 11.2. The molecule has 0 atom stereocenters. The number of benzene rings is 1. The Morgan fingerprint density at radius 2 is 2.13 bits per heavy atom. The number of hydrogen-bond acceptors (Lipinski definition) is 5. The number of hydrogen-bond donors (Lipinski definition) is 0. The Hall–Kier alpha value is -3.00. The molecular formula is C15H11N5O2S. The van der Waals surface area contributed by atoms with Crippen molar-refractivity contribution in [2.24, 2.45) is 0 Å². The molecule has 114 valence electrons. The summed E-state index contributed by atoms with van der Waals surface area (Å²) in [6.07, 6.45) is 5.46. The molecule has 0 bridgehead atoms. The molecule has 0 spiro atoms. The molecule has 0 unspecified atom stereocenters. The third-order valence-corrected chi connectivity index (χ3v) is 4.46. The summed E-state index contributed by atoms with van der Waals surface area (Å²) in [6.45, 7) is 1.93. The third kappa shape index (κ3) is 2.20. The van der Waals surface area contributed by atoms with Crippen LogP contribution in [-0.2, 0) is 0 Å². The zero-order chi connectivity index (χ0) is 16.0. The van der Waals surface area contributed by atoms with Crippen LogP contribution in [0.2, 0.25) is 0 Å². The summed E-state index contributed by atoms with van der Waals surface area (Å²) < 4.78 is 3.66. The average molecular weight is 325 g/mol. The quantitative estimate of drug-likeness (QED) is 0.427. The van der Waals surface area contributed by atoms with Gasteiger partial charge in [0.2, 0.25) is 0 Å². The van der Waals surface area contributed by atoms with Gasteiger partial charge in [0, 0.05) is 36.8 Å². The molecule has 0 aliphatic carbocycles. The zero-order valence-corrected chi connectivity index (χ0v) is 12.9. The van der Waals surface area contributed by atoms with Crippen LogP contribution in [0.5, 0.6) is 0 Å². The van der Waals surface area contributed by atoms with Crippen LogP contribution in [0.1, 0.15) is 5.56 Å². The second-order valence-electron chi connectivity index (χ2n) is 5.09. The molecule has 0 aliphatic heterocycles. The maximum atomic E-state index is 11.0. The van der Waals surface area contributed by atoms with Crippen molar-refractivity contribution in [2.45, 2.75) is 6.92 Å². The van der Waals surface area contributed by atoms with Crippen molar-refractivity contribution in [3.8, 4) is 16.3 Å². The van der Waals surface area contributed by atoms with Crippen LogP contribution in [0.3, 0.4) is 0 Å². The number of aromatic nitrogens is 4. The summed E-state index contributed by atoms with van der Waals surface area (Å²) in [7, 11) is 0. The lowest BCUT2D eigenvalue weighted by atomic mass is 10.2. The van der Waals surface area contributed by atoms with Gasteiger partial charge in [-0.2, -0.15) is 5.10 Å². The Kier molecular flexibility index (Phi) is 2.98. The van der Waals surface area contributed by atoms with Crippen molar-refractivity contribution < 1.29 is 4.92 Å². The van der Waals surface area contributed by atoms with Crippen molar-refractivity contribution in [3.63, 3.8) is 0 Å². The molecule has 0 saturated carbocycles. The minimum absolute atomic E-state index is 0.0691. The van der Waals surface area contributed by atoms with E-state index < -0.39 is 0 Å². The van der Waals surface area contributed by atoms with Crippen molar-refractivity contribution in [3.05, 3.63) is 64.0 Å². The molecular weight excluding hydrogens is 314 g/mol. The number of thiazole rings is 1. The van der Waals surface area contributed by atoms with Gasteiger partial charge in [-0.25, -0.2) is 4.52 Å². The summed E-state index contributed by atoms with van der Waals surface area (Å²) in [5.74, 6) is 0. The van der Waals surface area contributed by atoms with Gasteiger partial charge in [0.15, 0.2) is 0 Å². The highest BCUT2D eigenvalue weighted by molar-refractivity contribution is 7.13. The standard InChI is InChI=1S/C15H11N5O2S/c1-10-2-3-11(20(21)22)6-13(10)18-4-5-19-15(18)7-12(17-19)14-8-16-9-23-14/h2-9H,1H3. The third-order valence-electron chi connectivity index (χ3n) is 3.67. The van der Waals surface area contributed by atoms with E-state index in [9.17, 15) is 10.1 Å². The molecule has 3 aromatic heterocycles. The molecule has 7 nitrogen and oxygen atoms in total. The maximum Gasteiger partial charge on any atom is 0.271 e. The van der Waals surface area contributed by atoms with Gasteiger partial charge >= 0.3 is 0 Å². The minimum atomic E-state index is -0.386. The Morgan fingerprint density at radius 3 is 2.87 bits per heavy atom. The van der Waals surface area contributed by atoms with E-state index in [1.807, 2.05) is 30.0 Å². The highest BCUT2D eigenvalue weighted by atomic mass is 32.1. The smallest absolute Gasteiger partial charge is 0.271 e. The number of non-ortho nitro benzene ring substituents is 1. The fraction of sp³-hybridized carbons (Fsp3) is 0.0667. The van der Waals surface area contributed by atoms with E-state index in [0.717, 1.165) is 27.5 Å². The van der Waals surface area contributed by atoms with Crippen LogP contribution in [0, 0.1) is 17.0 Å². The number of nitro groups is 1. The van der Waals surface area contributed by atoms with E-state index in [0.29, 0.717) is 0 Å². The summed E-state index contributed by atoms with van der Waals surface area (Å²) in [5.41, 5.74) is 5.23. The van der Waals surface area contributed by atoms with Crippen LogP contribution in [0.4, 0.5) is 5.69 Å². The first-order valence-corrected chi connectivity index (χ1v) is 7.72. The summed E-state index contributed by atoms with van der Waals surface area (Å²) in [6, 6.07) is 6.80. The van der Waals surface area contributed by atoms with E-state index >= 15 is 0 Å². The predicted molar refractivity (Wildman–Crippen MR) is 87.0 cm³/mol. The van der Waals surface area contributed by atoms with Gasteiger partial charge < -0.3 is 0 Å². The molecule has 8 heteroatoms. The predicted octanol–water partition coefficient (Wildman–Crippen LogP) is 3.47. The topological polar surface area (TPSA) is 78.3 Å². The largest absolute Gasteiger partial charge is 0.300 e. The number of rotatable bonds is 3.